The van der Waals surface area contributed by atoms with Crippen molar-refractivity contribution in [1.29, 1.82) is 0 Å². The summed E-state index contributed by atoms with van der Waals surface area (Å²) in [5, 5.41) is 14.1. The van der Waals surface area contributed by atoms with Crippen molar-refractivity contribution in [2.24, 2.45) is 0 Å². The van der Waals surface area contributed by atoms with Gasteiger partial charge in [0.25, 0.3) is 0 Å². The number of carboxylic acids is 1. The number of fused-ring (bicyclic) bond motifs is 1. The van der Waals surface area contributed by atoms with Crippen molar-refractivity contribution >= 4 is 23.0 Å². The van der Waals surface area contributed by atoms with Crippen molar-refractivity contribution in [2.75, 3.05) is 5.73 Å². The monoisotopic (exact) mass is 363 g/mol. The fourth-order valence-corrected chi connectivity index (χ4v) is 2.98. The highest BCUT2D eigenvalue weighted by atomic mass is 16.4. The highest BCUT2D eigenvalue weighted by molar-refractivity contribution is 5.89. The molecule has 8 heteroatoms. The van der Waals surface area contributed by atoms with Crippen molar-refractivity contribution in [3.05, 3.63) is 60.0 Å². The second-order valence-electron chi connectivity index (χ2n) is 6.12. The summed E-state index contributed by atoms with van der Waals surface area (Å²) in [4.78, 5) is 19.5. The molecule has 0 aliphatic rings. The van der Waals surface area contributed by atoms with E-state index in [2.05, 4.69) is 15.1 Å². The van der Waals surface area contributed by atoms with Gasteiger partial charge in [-0.25, -0.2) is 14.5 Å². The van der Waals surface area contributed by atoms with Crippen LogP contribution >= 0.6 is 0 Å². The van der Waals surface area contributed by atoms with Crippen LogP contribution in [0.25, 0.3) is 22.5 Å². The minimum absolute atomic E-state index is 0.167. The Morgan fingerprint density at radius 1 is 1.19 bits per heavy atom. The van der Waals surface area contributed by atoms with Gasteiger partial charge in [0.2, 0.25) is 5.95 Å². The molecule has 0 atom stereocenters. The predicted octanol–water partition coefficient (Wildman–Crippen LogP) is 3.00. The number of benzene rings is 1. The summed E-state index contributed by atoms with van der Waals surface area (Å²) < 4.78 is 7.23. The first kappa shape index (κ1) is 16.8. The number of carbonyl (C=O) groups is 1. The molecule has 136 valence electrons. The SMILES string of the molecule is Nc1nc(-c2ccco2)c2cnn(CCCc3ccc(C(=O)O)cc3)c2n1. The number of carboxylic acid groups (broad SMARTS) is 1. The lowest BCUT2D eigenvalue weighted by Crippen LogP contribution is -2.05. The van der Waals surface area contributed by atoms with Crippen LogP contribution in [0.1, 0.15) is 22.3 Å². The van der Waals surface area contributed by atoms with Gasteiger partial charge in [0.05, 0.1) is 23.4 Å². The molecule has 1 aromatic carbocycles. The molecule has 0 radical (unpaired) electrons. The van der Waals surface area contributed by atoms with Crippen LogP contribution in [0, 0.1) is 0 Å². The van der Waals surface area contributed by atoms with E-state index in [9.17, 15) is 4.79 Å². The van der Waals surface area contributed by atoms with Crippen LogP contribution in [-0.2, 0) is 13.0 Å². The zero-order valence-corrected chi connectivity index (χ0v) is 14.4. The van der Waals surface area contributed by atoms with Crippen LogP contribution in [-0.4, -0.2) is 30.8 Å². The number of hydrogen-bond acceptors (Lipinski definition) is 6. The van der Waals surface area contributed by atoms with Gasteiger partial charge >= 0.3 is 5.97 Å². The molecule has 3 N–H and O–H groups in total. The van der Waals surface area contributed by atoms with Gasteiger partial charge in [0, 0.05) is 6.54 Å². The Labute approximate surface area is 154 Å². The largest absolute Gasteiger partial charge is 0.478 e. The number of hydrogen-bond donors (Lipinski definition) is 2. The number of furan rings is 1. The van der Waals surface area contributed by atoms with Crippen molar-refractivity contribution in [3.8, 4) is 11.5 Å². The Bertz CT molecular complexity index is 1080. The Morgan fingerprint density at radius 2 is 2.00 bits per heavy atom. The number of aryl methyl sites for hydroxylation is 2. The minimum Gasteiger partial charge on any atom is -0.478 e. The number of nitrogens with zero attached hydrogens (tertiary/aromatic N) is 4. The molecule has 8 nitrogen and oxygen atoms in total. The van der Waals surface area contributed by atoms with Gasteiger partial charge in [0.15, 0.2) is 11.4 Å². The highest BCUT2D eigenvalue weighted by Crippen LogP contribution is 2.27. The predicted molar refractivity (Wildman–Crippen MR) is 99.2 cm³/mol. The van der Waals surface area contributed by atoms with Crippen LogP contribution in [0.5, 0.6) is 0 Å². The molecule has 0 saturated heterocycles. The maximum atomic E-state index is 10.9. The molecule has 3 aromatic heterocycles. The molecular formula is C19H17N5O3. The lowest BCUT2D eigenvalue weighted by atomic mass is 10.1. The van der Waals surface area contributed by atoms with E-state index in [1.54, 1.807) is 35.3 Å². The number of nitrogens with two attached hydrogens (primary N) is 1. The normalized spacial score (nSPS) is 11.1. The topological polar surface area (TPSA) is 120 Å². The first-order chi connectivity index (χ1) is 13.1. The number of aromatic nitrogens is 4. The second-order valence-corrected chi connectivity index (χ2v) is 6.12. The summed E-state index contributed by atoms with van der Waals surface area (Å²) in [6.45, 7) is 0.651. The molecule has 0 unspecified atom stereocenters. The molecule has 0 aliphatic heterocycles. The van der Waals surface area contributed by atoms with Gasteiger partial charge in [-0.1, -0.05) is 12.1 Å². The Balaban J connectivity index is 1.52. The quantitative estimate of drug-likeness (QED) is 0.540. The molecular weight excluding hydrogens is 346 g/mol. The standard InChI is InChI=1S/C19H17N5O3/c20-19-22-16(15-4-2-10-27-15)14-11-21-24(17(14)23-19)9-1-3-12-5-7-13(8-6-12)18(25)26/h2,4-8,10-11H,1,3,9H2,(H,25,26)(H2,20,22,23). The van der Waals surface area contributed by atoms with Crippen molar-refractivity contribution < 1.29 is 14.3 Å². The summed E-state index contributed by atoms with van der Waals surface area (Å²) in [6.07, 6.45) is 4.92. The van der Waals surface area contributed by atoms with Crippen molar-refractivity contribution in [2.45, 2.75) is 19.4 Å². The maximum Gasteiger partial charge on any atom is 0.335 e. The molecule has 0 aliphatic carbocycles. The van der Waals surface area contributed by atoms with Gasteiger partial charge in [0.1, 0.15) is 5.69 Å². The lowest BCUT2D eigenvalue weighted by Gasteiger charge is -2.05. The van der Waals surface area contributed by atoms with Crippen molar-refractivity contribution in [1.82, 2.24) is 19.7 Å². The highest BCUT2D eigenvalue weighted by Gasteiger charge is 2.15. The van der Waals surface area contributed by atoms with Crippen LogP contribution in [0.3, 0.4) is 0 Å². The van der Waals surface area contributed by atoms with Crippen LogP contribution in [0.2, 0.25) is 0 Å². The first-order valence-corrected chi connectivity index (χ1v) is 8.47. The average Bonchev–Trinajstić information content (AvgIpc) is 3.32. The van der Waals surface area contributed by atoms with E-state index in [4.69, 9.17) is 15.3 Å². The minimum atomic E-state index is -0.922. The Morgan fingerprint density at radius 3 is 2.70 bits per heavy atom. The molecule has 0 bridgehead atoms. The number of aromatic carboxylic acids is 1. The molecule has 27 heavy (non-hydrogen) atoms. The third-order valence-electron chi connectivity index (χ3n) is 4.30. The molecule has 0 saturated carbocycles. The van der Waals surface area contributed by atoms with E-state index in [0.717, 1.165) is 23.8 Å². The van der Waals surface area contributed by atoms with Gasteiger partial charge in [-0.15, -0.1) is 0 Å². The molecule has 0 fully saturated rings. The van der Waals surface area contributed by atoms with E-state index >= 15 is 0 Å². The third-order valence-corrected chi connectivity index (χ3v) is 4.30. The van der Waals surface area contributed by atoms with E-state index in [1.807, 2.05) is 18.2 Å². The summed E-state index contributed by atoms with van der Waals surface area (Å²) in [5.74, 6) is -0.138. The van der Waals surface area contributed by atoms with Crippen LogP contribution in [0.15, 0.2) is 53.3 Å². The van der Waals surface area contributed by atoms with Crippen molar-refractivity contribution in [3.63, 3.8) is 0 Å². The number of rotatable bonds is 6. The van der Waals surface area contributed by atoms with Gasteiger partial charge in [-0.3, -0.25) is 0 Å². The van der Waals surface area contributed by atoms with Gasteiger partial charge < -0.3 is 15.3 Å². The summed E-state index contributed by atoms with van der Waals surface area (Å²) in [6, 6.07) is 10.5. The van der Waals surface area contributed by atoms with E-state index in [1.165, 1.54) is 0 Å². The molecule has 4 rings (SSSR count). The summed E-state index contributed by atoms with van der Waals surface area (Å²) in [7, 11) is 0. The van der Waals surface area contributed by atoms with Crippen LogP contribution in [0.4, 0.5) is 5.95 Å². The molecule has 3 heterocycles. The van der Waals surface area contributed by atoms with Crippen LogP contribution < -0.4 is 5.73 Å². The fraction of sp³-hybridized carbons (Fsp3) is 0.158. The lowest BCUT2D eigenvalue weighted by molar-refractivity contribution is 0.0697. The maximum absolute atomic E-state index is 10.9. The number of anilines is 1. The molecule has 0 amide bonds. The first-order valence-electron chi connectivity index (χ1n) is 8.47. The Hall–Kier alpha value is -3.68. The average molecular weight is 363 g/mol. The molecule has 4 aromatic rings. The van der Waals surface area contributed by atoms with Gasteiger partial charge in [-0.2, -0.15) is 10.1 Å². The Kier molecular flexibility index (Phi) is 4.29. The zero-order chi connectivity index (χ0) is 18.8. The van der Waals surface area contributed by atoms with E-state index in [-0.39, 0.29) is 11.5 Å². The van der Waals surface area contributed by atoms with E-state index < -0.39 is 5.97 Å². The smallest absolute Gasteiger partial charge is 0.335 e. The molecule has 0 spiro atoms. The zero-order valence-electron chi connectivity index (χ0n) is 14.4. The second kappa shape index (κ2) is 6.91. The summed E-state index contributed by atoms with van der Waals surface area (Å²) in [5.41, 5.74) is 8.51. The third kappa shape index (κ3) is 3.37. The number of nitrogen functional groups attached to an aromatic ring is 1. The fourth-order valence-electron chi connectivity index (χ4n) is 2.98. The van der Waals surface area contributed by atoms with Gasteiger partial charge in [-0.05, 0) is 42.7 Å². The summed E-state index contributed by atoms with van der Waals surface area (Å²) >= 11 is 0. The van der Waals surface area contributed by atoms with E-state index in [0.29, 0.717) is 23.6 Å².